The third kappa shape index (κ3) is 5.75. The van der Waals surface area contributed by atoms with Crippen LogP contribution in [0.25, 0.3) is 88.3 Å². The zero-order valence-electron chi connectivity index (χ0n) is 29.2. The van der Waals surface area contributed by atoms with Crippen LogP contribution in [0.4, 0.5) is 0 Å². The average Bonchev–Trinajstić information content (AvgIpc) is 3.21. The molecular formula is C50H36N2. The molecular weight excluding hydrogens is 629 g/mol. The lowest BCUT2D eigenvalue weighted by Crippen LogP contribution is -1.93. The van der Waals surface area contributed by atoms with Crippen LogP contribution in [0.15, 0.2) is 182 Å². The van der Waals surface area contributed by atoms with Crippen LogP contribution in [-0.4, -0.2) is 9.97 Å². The molecule has 0 N–H and O–H groups in total. The maximum atomic E-state index is 4.55. The largest absolute Gasteiger partial charge is 0.261 e. The van der Waals surface area contributed by atoms with Crippen molar-refractivity contribution in [2.45, 2.75) is 13.8 Å². The van der Waals surface area contributed by atoms with E-state index in [4.69, 9.17) is 0 Å². The summed E-state index contributed by atoms with van der Waals surface area (Å²) < 4.78 is 0. The number of fused-ring (bicyclic) bond motifs is 2. The van der Waals surface area contributed by atoms with Crippen LogP contribution in [-0.2, 0) is 0 Å². The number of hydrogen-bond acceptors (Lipinski definition) is 2. The molecule has 0 spiro atoms. The Morgan fingerprint density at radius 2 is 0.692 bits per heavy atom. The first kappa shape index (κ1) is 31.3. The highest BCUT2D eigenvalue weighted by atomic mass is 14.7. The Morgan fingerprint density at radius 3 is 1.21 bits per heavy atom. The van der Waals surface area contributed by atoms with Crippen molar-refractivity contribution in [3.63, 3.8) is 0 Å². The van der Waals surface area contributed by atoms with E-state index in [1.54, 1.807) is 0 Å². The molecule has 0 atom stereocenters. The molecule has 2 aromatic heterocycles. The number of aromatic nitrogens is 2. The Morgan fingerprint density at radius 1 is 0.288 bits per heavy atom. The fourth-order valence-electron chi connectivity index (χ4n) is 7.51. The summed E-state index contributed by atoms with van der Waals surface area (Å²) in [6.45, 7) is 4.05. The van der Waals surface area contributed by atoms with Gasteiger partial charge in [-0.25, -0.2) is 0 Å². The van der Waals surface area contributed by atoms with Crippen molar-refractivity contribution in [3.8, 4) is 66.8 Å². The zero-order valence-corrected chi connectivity index (χ0v) is 29.2. The second kappa shape index (κ2) is 13.2. The monoisotopic (exact) mass is 664 g/mol. The molecule has 0 amide bonds. The number of hydrogen-bond donors (Lipinski definition) is 0. The Labute approximate surface area is 304 Å². The van der Waals surface area contributed by atoms with Gasteiger partial charge in [0.15, 0.2) is 0 Å². The normalized spacial score (nSPS) is 11.3. The van der Waals surface area contributed by atoms with Gasteiger partial charge in [-0.2, -0.15) is 0 Å². The molecule has 0 saturated heterocycles. The molecule has 0 aliphatic rings. The van der Waals surface area contributed by atoms with Gasteiger partial charge in [0.05, 0.1) is 0 Å². The van der Waals surface area contributed by atoms with Crippen molar-refractivity contribution < 1.29 is 0 Å². The fraction of sp³-hybridized carbons (Fsp3) is 0.0400. The highest BCUT2D eigenvalue weighted by molar-refractivity contribution is 6.22. The first-order chi connectivity index (χ1) is 25.6. The highest BCUT2D eigenvalue weighted by Crippen LogP contribution is 2.46. The lowest BCUT2D eigenvalue weighted by atomic mass is 9.84. The zero-order chi connectivity index (χ0) is 35.0. The van der Waals surface area contributed by atoms with Crippen LogP contribution < -0.4 is 0 Å². The first-order valence-corrected chi connectivity index (χ1v) is 17.8. The molecule has 0 fully saturated rings. The lowest BCUT2D eigenvalue weighted by Gasteiger charge is -2.20. The first-order valence-electron chi connectivity index (χ1n) is 17.8. The molecule has 9 rings (SSSR count). The van der Waals surface area contributed by atoms with E-state index in [9.17, 15) is 0 Å². The summed E-state index contributed by atoms with van der Waals surface area (Å²) in [7, 11) is 0. The minimum atomic E-state index is 1.02. The molecule has 0 unspecified atom stereocenters. The van der Waals surface area contributed by atoms with Crippen molar-refractivity contribution in [3.05, 3.63) is 194 Å². The van der Waals surface area contributed by atoms with Crippen LogP contribution in [0, 0.1) is 13.8 Å². The van der Waals surface area contributed by atoms with E-state index in [1.165, 1.54) is 66.1 Å². The standard InChI is InChI=1S/C50H36N2/c1-33-16-18-41(31-51-33)35-20-24-38(25-21-35)49-45-14-8-9-15-46(45)50(39-26-22-36(23-27-39)42-19-17-34(2)52-32-42)48-30-40(28-29-47(48)49)44-13-7-6-12-43(44)37-10-4-3-5-11-37/h3-32H,1-2H3. The number of rotatable bonds is 6. The maximum absolute atomic E-state index is 4.55. The Kier molecular flexibility index (Phi) is 7.98. The van der Waals surface area contributed by atoms with Gasteiger partial charge in [0, 0.05) is 34.9 Å². The second-order valence-electron chi connectivity index (χ2n) is 13.5. The molecule has 0 aliphatic carbocycles. The molecule has 0 aliphatic heterocycles. The van der Waals surface area contributed by atoms with E-state index in [-0.39, 0.29) is 0 Å². The van der Waals surface area contributed by atoms with Crippen molar-refractivity contribution in [1.29, 1.82) is 0 Å². The van der Waals surface area contributed by atoms with Crippen LogP contribution in [0.5, 0.6) is 0 Å². The molecule has 9 aromatic rings. The molecule has 0 saturated carbocycles. The number of benzene rings is 7. The van der Waals surface area contributed by atoms with Crippen LogP contribution >= 0.6 is 0 Å². The van der Waals surface area contributed by atoms with E-state index < -0.39 is 0 Å². The van der Waals surface area contributed by atoms with Gasteiger partial charge in [0.2, 0.25) is 0 Å². The van der Waals surface area contributed by atoms with Gasteiger partial charge in [-0.1, -0.05) is 152 Å². The fourth-order valence-corrected chi connectivity index (χ4v) is 7.51. The van der Waals surface area contributed by atoms with Crippen molar-refractivity contribution >= 4 is 21.5 Å². The summed E-state index contributed by atoms with van der Waals surface area (Å²) in [5, 5.41) is 4.92. The third-order valence-electron chi connectivity index (χ3n) is 10.2. The van der Waals surface area contributed by atoms with E-state index in [1.807, 2.05) is 26.2 Å². The predicted octanol–water partition coefficient (Wildman–Crippen LogP) is 13.4. The molecule has 0 bridgehead atoms. The third-order valence-corrected chi connectivity index (χ3v) is 10.2. The van der Waals surface area contributed by atoms with Gasteiger partial charge in [0.25, 0.3) is 0 Å². The Hall–Kier alpha value is -6.64. The minimum Gasteiger partial charge on any atom is -0.261 e. The van der Waals surface area contributed by atoms with Crippen molar-refractivity contribution in [2.75, 3.05) is 0 Å². The Bertz CT molecular complexity index is 2690. The summed E-state index contributed by atoms with van der Waals surface area (Å²) in [6, 6.07) is 61.7. The number of nitrogens with zero attached hydrogens (tertiary/aromatic N) is 2. The van der Waals surface area contributed by atoms with E-state index >= 15 is 0 Å². The predicted molar refractivity (Wildman–Crippen MR) is 219 cm³/mol. The molecule has 7 aromatic carbocycles. The van der Waals surface area contributed by atoms with Crippen molar-refractivity contribution in [1.82, 2.24) is 9.97 Å². The van der Waals surface area contributed by atoms with Gasteiger partial charge in [0.1, 0.15) is 0 Å². The Balaban J connectivity index is 1.28. The van der Waals surface area contributed by atoms with Gasteiger partial charge < -0.3 is 0 Å². The quantitative estimate of drug-likeness (QED) is 0.165. The van der Waals surface area contributed by atoms with Crippen molar-refractivity contribution in [2.24, 2.45) is 0 Å². The highest BCUT2D eigenvalue weighted by Gasteiger charge is 2.19. The molecule has 2 heteroatoms. The van der Waals surface area contributed by atoms with Gasteiger partial charge in [-0.3, -0.25) is 9.97 Å². The summed E-state index contributed by atoms with van der Waals surface area (Å²) in [5.74, 6) is 0. The smallest absolute Gasteiger partial charge is 0.0373 e. The molecule has 2 heterocycles. The topological polar surface area (TPSA) is 25.8 Å². The maximum Gasteiger partial charge on any atom is 0.0373 e. The van der Waals surface area contributed by atoms with Crippen LogP contribution in [0.2, 0.25) is 0 Å². The van der Waals surface area contributed by atoms with Crippen LogP contribution in [0.3, 0.4) is 0 Å². The summed E-state index contributed by atoms with van der Waals surface area (Å²) in [6.07, 6.45) is 3.92. The number of aryl methyl sites for hydroxylation is 2. The molecule has 0 radical (unpaired) electrons. The number of pyridine rings is 2. The summed E-state index contributed by atoms with van der Waals surface area (Å²) in [4.78, 5) is 9.08. The average molecular weight is 665 g/mol. The molecule has 52 heavy (non-hydrogen) atoms. The van der Waals surface area contributed by atoms with E-state index in [0.717, 1.165) is 33.6 Å². The molecule has 2 nitrogen and oxygen atoms in total. The lowest BCUT2D eigenvalue weighted by molar-refractivity contribution is 1.20. The SMILES string of the molecule is Cc1ccc(-c2ccc(-c3c4ccccc4c(-c4ccc(-c5ccc(C)nc5)cc4)c4cc(-c5ccccc5-c5ccccc5)ccc34)cc2)cn1. The minimum absolute atomic E-state index is 1.02. The molecule has 246 valence electrons. The van der Waals surface area contributed by atoms with Crippen LogP contribution in [0.1, 0.15) is 11.4 Å². The van der Waals surface area contributed by atoms with Gasteiger partial charge >= 0.3 is 0 Å². The van der Waals surface area contributed by atoms with Gasteiger partial charge in [-0.15, -0.1) is 0 Å². The summed E-state index contributed by atoms with van der Waals surface area (Å²) in [5.41, 5.74) is 16.3. The van der Waals surface area contributed by atoms with E-state index in [2.05, 4.69) is 180 Å². The van der Waals surface area contributed by atoms with Gasteiger partial charge in [-0.05, 0) is 109 Å². The second-order valence-corrected chi connectivity index (χ2v) is 13.5. The van der Waals surface area contributed by atoms with E-state index in [0.29, 0.717) is 0 Å². The summed E-state index contributed by atoms with van der Waals surface area (Å²) >= 11 is 0.